The maximum atomic E-state index is 7.48. The molecule has 0 spiro atoms. The van der Waals surface area contributed by atoms with Gasteiger partial charge in [0.15, 0.2) is 12.4 Å². The fourth-order valence-corrected chi connectivity index (χ4v) is 8.46. The van der Waals surface area contributed by atoms with Crippen LogP contribution >= 0.6 is 7.26 Å². The molecular formula is C27H56N3P. The van der Waals surface area contributed by atoms with Crippen LogP contribution in [0.4, 0.5) is 0 Å². The van der Waals surface area contributed by atoms with Gasteiger partial charge in [0.25, 0.3) is 0 Å². The monoisotopic (exact) mass is 453 g/mol. The van der Waals surface area contributed by atoms with E-state index in [1.54, 1.807) is 23.8 Å². The molecule has 0 radical (unpaired) electrons. The summed E-state index contributed by atoms with van der Waals surface area (Å²) < 4.78 is 0. The van der Waals surface area contributed by atoms with Gasteiger partial charge in [0, 0.05) is 0 Å². The third-order valence-electron chi connectivity index (χ3n) is 6.51. The van der Waals surface area contributed by atoms with Gasteiger partial charge in [-0.05, 0) is 0 Å². The zero-order chi connectivity index (χ0) is 23.5. The second-order valence-electron chi connectivity index (χ2n) is 9.71. The Kier molecular flexibility index (Phi) is 28.5. The number of hydrogen-bond acceptors (Lipinski definition) is 3. The van der Waals surface area contributed by atoms with Crippen molar-refractivity contribution in [1.82, 2.24) is 5.32 Å². The Morgan fingerprint density at radius 2 is 0.742 bits per heavy atom. The molecule has 31 heavy (non-hydrogen) atoms. The molecule has 0 aliphatic rings. The molecule has 3 nitrogen and oxygen atoms in total. The molecule has 0 unspecified atom stereocenters. The van der Waals surface area contributed by atoms with E-state index in [1.807, 2.05) is 0 Å². The summed E-state index contributed by atoms with van der Waals surface area (Å²) in [5.74, 6) is 0. The quantitative estimate of drug-likeness (QED) is 0.0816. The van der Waals surface area contributed by atoms with Gasteiger partial charge in [-0.15, -0.1) is 0 Å². The van der Waals surface area contributed by atoms with E-state index >= 15 is 0 Å². The standard InChI is InChI=1S/C25H55P.C2HN3/c1-5-8-11-14-17-20-23-26(4,24-21-18-15-12-9-6-2)25-22-19-16-13-10-7-3;3-1-5-2-4/h26H,5-25H2,1-4H3;5H. The summed E-state index contributed by atoms with van der Waals surface area (Å²) in [6, 6.07) is 0. The van der Waals surface area contributed by atoms with Crippen molar-refractivity contribution in [3.63, 3.8) is 0 Å². The van der Waals surface area contributed by atoms with E-state index in [4.69, 9.17) is 10.5 Å². The van der Waals surface area contributed by atoms with Crippen LogP contribution < -0.4 is 5.32 Å². The van der Waals surface area contributed by atoms with Crippen LogP contribution in [0.2, 0.25) is 0 Å². The van der Waals surface area contributed by atoms with Gasteiger partial charge in [-0.25, -0.2) is 5.32 Å². The topological polar surface area (TPSA) is 59.6 Å². The maximum absolute atomic E-state index is 7.48. The van der Waals surface area contributed by atoms with E-state index in [1.165, 1.54) is 128 Å². The fraction of sp³-hybridized carbons (Fsp3) is 0.926. The fourth-order valence-electron chi connectivity index (χ4n) is 4.40. The Hall–Kier alpha value is -0.790. The summed E-state index contributed by atoms with van der Waals surface area (Å²) in [7, 11) is -0.955. The van der Waals surface area contributed by atoms with Crippen LogP contribution in [0.15, 0.2) is 0 Å². The first-order valence-electron chi connectivity index (χ1n) is 13.6. The summed E-state index contributed by atoms with van der Waals surface area (Å²) in [4.78, 5) is 0. The number of nitrogens with one attached hydrogen (secondary N) is 1. The van der Waals surface area contributed by atoms with Crippen LogP contribution in [-0.2, 0) is 0 Å². The van der Waals surface area contributed by atoms with E-state index < -0.39 is 7.26 Å². The summed E-state index contributed by atoms with van der Waals surface area (Å²) in [5, 5.41) is 16.7. The van der Waals surface area contributed by atoms with Gasteiger partial charge in [0.2, 0.25) is 0 Å². The predicted molar refractivity (Wildman–Crippen MR) is 143 cm³/mol. The Morgan fingerprint density at radius 1 is 0.484 bits per heavy atom. The van der Waals surface area contributed by atoms with E-state index in [0.717, 1.165) is 0 Å². The van der Waals surface area contributed by atoms with Crippen LogP contribution in [0.1, 0.15) is 136 Å². The average molecular weight is 454 g/mol. The molecule has 0 bridgehead atoms. The smallest absolute Gasteiger partial charge is 0.190 e. The molecule has 0 heterocycles. The molecule has 0 fully saturated rings. The van der Waals surface area contributed by atoms with Gasteiger partial charge in [-0.3, -0.25) is 0 Å². The van der Waals surface area contributed by atoms with Crippen LogP contribution in [0, 0.1) is 22.9 Å². The summed E-state index contributed by atoms with van der Waals surface area (Å²) >= 11 is 0. The molecule has 0 aromatic rings. The van der Waals surface area contributed by atoms with Crippen molar-refractivity contribution in [2.75, 3.05) is 25.2 Å². The molecule has 0 atom stereocenters. The number of unbranched alkanes of at least 4 members (excludes halogenated alkanes) is 15. The molecular weight excluding hydrogens is 397 g/mol. The van der Waals surface area contributed by atoms with Gasteiger partial charge in [-0.1, -0.05) is 0 Å². The minimum Gasteiger partial charge on any atom is -0.229 e. The number of rotatable bonds is 21. The third-order valence-corrected chi connectivity index (χ3v) is 11.2. The molecule has 1 N–H and O–H groups in total. The minimum atomic E-state index is -0.955. The molecule has 0 amide bonds. The van der Waals surface area contributed by atoms with Crippen molar-refractivity contribution in [1.29, 1.82) is 10.5 Å². The number of nitriles is 2. The van der Waals surface area contributed by atoms with Gasteiger partial charge in [-0.2, -0.15) is 10.5 Å². The first-order valence-corrected chi connectivity index (χ1v) is 16.8. The minimum absolute atomic E-state index is 0.955. The molecule has 0 saturated heterocycles. The van der Waals surface area contributed by atoms with Gasteiger partial charge < -0.3 is 0 Å². The molecule has 184 valence electrons. The van der Waals surface area contributed by atoms with Crippen LogP contribution in [-0.4, -0.2) is 25.2 Å². The molecule has 4 heteroatoms. The second kappa shape index (κ2) is 27.2. The summed E-state index contributed by atoms with van der Waals surface area (Å²) in [6.45, 7) is 9.73. The van der Waals surface area contributed by atoms with Crippen LogP contribution in [0.5, 0.6) is 0 Å². The zero-order valence-corrected chi connectivity index (χ0v) is 22.7. The van der Waals surface area contributed by atoms with Crippen LogP contribution in [0.25, 0.3) is 0 Å². The SMILES string of the molecule is CCCCCCCC[PH](C)(CCCCCCCC)CCCCCCCC.N#CNC#N. The Morgan fingerprint density at radius 3 is 0.968 bits per heavy atom. The van der Waals surface area contributed by atoms with Gasteiger partial charge in [0.05, 0.1) is 0 Å². The van der Waals surface area contributed by atoms with E-state index in [-0.39, 0.29) is 0 Å². The van der Waals surface area contributed by atoms with Crippen molar-refractivity contribution in [2.24, 2.45) is 0 Å². The molecule has 0 aromatic heterocycles. The van der Waals surface area contributed by atoms with E-state index in [2.05, 4.69) is 27.4 Å². The van der Waals surface area contributed by atoms with E-state index in [9.17, 15) is 0 Å². The normalized spacial score (nSPS) is 11.2. The predicted octanol–water partition coefficient (Wildman–Crippen LogP) is 8.99. The van der Waals surface area contributed by atoms with Gasteiger partial charge in [0.1, 0.15) is 0 Å². The third kappa shape index (κ3) is 27.2. The van der Waals surface area contributed by atoms with Crippen molar-refractivity contribution in [3.8, 4) is 12.4 Å². The number of hydrogen-bond donors (Lipinski definition) is 1. The molecule has 0 aliphatic carbocycles. The van der Waals surface area contributed by atoms with Crippen molar-refractivity contribution < 1.29 is 0 Å². The maximum Gasteiger partial charge on any atom is 0.190 e. The Bertz CT molecular complexity index is 372. The Labute approximate surface area is 197 Å². The summed E-state index contributed by atoms with van der Waals surface area (Å²) in [6.07, 6.45) is 34.2. The number of nitrogens with zero attached hydrogens (tertiary/aromatic N) is 2. The van der Waals surface area contributed by atoms with Crippen molar-refractivity contribution >= 4 is 7.26 Å². The Balaban J connectivity index is 0. The van der Waals surface area contributed by atoms with Crippen molar-refractivity contribution in [3.05, 3.63) is 0 Å². The van der Waals surface area contributed by atoms with Crippen LogP contribution in [0.3, 0.4) is 0 Å². The molecule has 0 rings (SSSR count). The van der Waals surface area contributed by atoms with E-state index in [0.29, 0.717) is 0 Å². The zero-order valence-electron chi connectivity index (χ0n) is 21.7. The van der Waals surface area contributed by atoms with Gasteiger partial charge >= 0.3 is 169 Å². The second-order valence-corrected chi connectivity index (χ2v) is 14.8. The molecule has 0 aliphatic heterocycles. The molecule has 0 aromatic carbocycles. The largest absolute Gasteiger partial charge is 0.229 e. The average Bonchev–Trinajstić information content (AvgIpc) is 2.77. The first kappa shape index (κ1) is 32.4. The first-order chi connectivity index (χ1) is 15.1. The summed E-state index contributed by atoms with van der Waals surface area (Å²) in [5.41, 5.74) is 0. The molecule has 0 saturated carbocycles. The van der Waals surface area contributed by atoms with Crippen molar-refractivity contribution in [2.45, 2.75) is 136 Å².